The van der Waals surface area contributed by atoms with E-state index in [4.69, 9.17) is 10.4 Å². The van der Waals surface area contributed by atoms with E-state index in [1.807, 2.05) is 6.07 Å². The van der Waals surface area contributed by atoms with E-state index in [0.29, 0.717) is 12.8 Å². The van der Waals surface area contributed by atoms with Crippen molar-refractivity contribution in [3.63, 3.8) is 0 Å². The molecule has 1 saturated carbocycles. The summed E-state index contributed by atoms with van der Waals surface area (Å²) >= 11 is 0. The van der Waals surface area contributed by atoms with E-state index in [-0.39, 0.29) is 5.41 Å². The summed E-state index contributed by atoms with van der Waals surface area (Å²) in [6.07, 6.45) is 5.35. The largest absolute Gasteiger partial charge is 0.480 e. The third-order valence-electron chi connectivity index (χ3n) is 3.54. The molecule has 1 aliphatic carbocycles. The Morgan fingerprint density at radius 2 is 1.80 bits per heavy atom. The maximum atomic E-state index is 11.0. The van der Waals surface area contributed by atoms with Gasteiger partial charge in [0.15, 0.2) is 5.41 Å². The van der Waals surface area contributed by atoms with E-state index in [9.17, 15) is 4.79 Å². The number of nitriles is 1. The molecule has 1 rings (SSSR count). The Morgan fingerprint density at radius 3 is 2.07 bits per heavy atom. The number of carbonyl (C=O) groups is 1. The van der Waals surface area contributed by atoms with Crippen molar-refractivity contribution in [1.82, 2.24) is 0 Å². The van der Waals surface area contributed by atoms with Gasteiger partial charge in [-0.3, -0.25) is 4.79 Å². The van der Waals surface area contributed by atoms with Crippen molar-refractivity contribution in [2.75, 3.05) is 0 Å². The maximum absolute atomic E-state index is 11.0. The number of nitrogens with zero attached hydrogens (tertiary/aromatic N) is 1. The van der Waals surface area contributed by atoms with Gasteiger partial charge in [0.05, 0.1) is 6.07 Å². The molecule has 0 atom stereocenters. The number of carboxylic acids is 1. The van der Waals surface area contributed by atoms with Crippen molar-refractivity contribution in [1.29, 1.82) is 5.26 Å². The molecule has 0 aromatic carbocycles. The normalized spacial score (nSPS) is 21.4. The molecule has 3 nitrogen and oxygen atoms in total. The van der Waals surface area contributed by atoms with Crippen molar-refractivity contribution >= 4 is 5.97 Å². The first-order chi connectivity index (χ1) is 7.04. The van der Waals surface area contributed by atoms with Crippen LogP contribution in [0.15, 0.2) is 0 Å². The fraction of sp³-hybridized carbons (Fsp3) is 0.833. The monoisotopic (exact) mass is 209 g/mol. The molecule has 0 heterocycles. The molecule has 0 unspecified atom stereocenters. The topological polar surface area (TPSA) is 61.1 Å². The standard InChI is InChI=1S/C12H19NO2/c1-3-5-11(6-4-2)7-12(8-11,9-13)10(14)15/h3-8H2,1-2H3,(H,14,15). The lowest BCUT2D eigenvalue weighted by molar-refractivity contribution is -0.159. The lowest BCUT2D eigenvalue weighted by atomic mass is 9.50. The summed E-state index contributed by atoms with van der Waals surface area (Å²) in [5, 5.41) is 18.0. The summed E-state index contributed by atoms with van der Waals surface area (Å²) in [4.78, 5) is 11.0. The van der Waals surface area contributed by atoms with Crippen molar-refractivity contribution < 1.29 is 9.90 Å². The Hall–Kier alpha value is -1.04. The Bertz CT molecular complexity index is 276. The van der Waals surface area contributed by atoms with Gasteiger partial charge in [-0.15, -0.1) is 0 Å². The summed E-state index contributed by atoms with van der Waals surface area (Å²) in [6, 6.07) is 1.99. The molecular weight excluding hydrogens is 190 g/mol. The molecule has 15 heavy (non-hydrogen) atoms. The molecular formula is C12H19NO2. The zero-order chi connectivity index (χ0) is 11.5. The number of hydrogen-bond acceptors (Lipinski definition) is 2. The van der Waals surface area contributed by atoms with Gasteiger partial charge in [0.25, 0.3) is 0 Å². The second kappa shape index (κ2) is 4.22. The van der Waals surface area contributed by atoms with E-state index in [1.54, 1.807) is 0 Å². The molecule has 1 aliphatic rings. The Kier molecular flexibility index (Phi) is 3.38. The Morgan fingerprint density at radius 1 is 1.33 bits per heavy atom. The first-order valence-corrected chi connectivity index (χ1v) is 5.69. The van der Waals surface area contributed by atoms with E-state index in [1.165, 1.54) is 0 Å². The first kappa shape index (κ1) is 12.0. The van der Waals surface area contributed by atoms with Gasteiger partial charge in [-0.05, 0) is 31.1 Å². The van der Waals surface area contributed by atoms with Crippen LogP contribution in [-0.4, -0.2) is 11.1 Å². The van der Waals surface area contributed by atoms with Gasteiger partial charge in [0.2, 0.25) is 0 Å². The molecule has 84 valence electrons. The van der Waals surface area contributed by atoms with Gasteiger partial charge in [-0.2, -0.15) is 5.26 Å². The minimum atomic E-state index is -1.08. The molecule has 0 saturated heterocycles. The summed E-state index contributed by atoms with van der Waals surface area (Å²) in [7, 11) is 0. The molecule has 0 spiro atoms. The van der Waals surface area contributed by atoms with Gasteiger partial charge < -0.3 is 5.11 Å². The predicted octanol–water partition coefficient (Wildman–Crippen LogP) is 2.96. The SMILES string of the molecule is CCCC1(CCC)CC(C#N)(C(=O)O)C1. The smallest absolute Gasteiger partial charge is 0.324 e. The summed E-state index contributed by atoms with van der Waals surface area (Å²) in [5.41, 5.74) is -0.942. The number of rotatable bonds is 5. The van der Waals surface area contributed by atoms with E-state index in [0.717, 1.165) is 25.7 Å². The van der Waals surface area contributed by atoms with Gasteiger partial charge in [-0.25, -0.2) is 0 Å². The molecule has 0 amide bonds. The predicted molar refractivity (Wildman–Crippen MR) is 57.2 cm³/mol. The first-order valence-electron chi connectivity index (χ1n) is 5.69. The van der Waals surface area contributed by atoms with E-state index in [2.05, 4.69) is 13.8 Å². The second-order valence-electron chi connectivity index (χ2n) is 4.85. The average molecular weight is 209 g/mol. The highest BCUT2D eigenvalue weighted by molar-refractivity contribution is 5.79. The van der Waals surface area contributed by atoms with Crippen molar-refractivity contribution in [3.8, 4) is 6.07 Å². The van der Waals surface area contributed by atoms with Crippen LogP contribution in [0.25, 0.3) is 0 Å². The van der Waals surface area contributed by atoms with Crippen LogP contribution in [-0.2, 0) is 4.79 Å². The molecule has 0 bridgehead atoms. The van der Waals surface area contributed by atoms with Crippen LogP contribution < -0.4 is 0 Å². The number of aliphatic carboxylic acids is 1. The Balaban J connectivity index is 2.71. The zero-order valence-corrected chi connectivity index (χ0v) is 9.55. The van der Waals surface area contributed by atoms with E-state index >= 15 is 0 Å². The van der Waals surface area contributed by atoms with Crippen LogP contribution in [0.1, 0.15) is 52.4 Å². The van der Waals surface area contributed by atoms with Crippen molar-refractivity contribution in [3.05, 3.63) is 0 Å². The number of hydrogen-bond donors (Lipinski definition) is 1. The molecule has 0 aliphatic heterocycles. The highest BCUT2D eigenvalue weighted by atomic mass is 16.4. The lowest BCUT2D eigenvalue weighted by Gasteiger charge is -2.50. The quantitative estimate of drug-likeness (QED) is 0.757. The van der Waals surface area contributed by atoms with Gasteiger partial charge in [0, 0.05) is 0 Å². The fourth-order valence-electron chi connectivity index (χ4n) is 3.05. The summed E-state index contributed by atoms with van der Waals surface area (Å²) in [5.74, 6) is -0.937. The number of carboxylic acid groups (broad SMARTS) is 1. The molecule has 3 heteroatoms. The molecule has 1 N–H and O–H groups in total. The van der Waals surface area contributed by atoms with Crippen molar-refractivity contribution in [2.24, 2.45) is 10.8 Å². The van der Waals surface area contributed by atoms with Gasteiger partial charge in [0.1, 0.15) is 0 Å². The van der Waals surface area contributed by atoms with Crippen LogP contribution in [0.2, 0.25) is 0 Å². The maximum Gasteiger partial charge on any atom is 0.324 e. The molecule has 0 aromatic heterocycles. The van der Waals surface area contributed by atoms with Crippen LogP contribution >= 0.6 is 0 Å². The zero-order valence-electron chi connectivity index (χ0n) is 9.55. The highest BCUT2D eigenvalue weighted by Crippen LogP contribution is 2.59. The van der Waals surface area contributed by atoms with Crippen LogP contribution in [0.5, 0.6) is 0 Å². The van der Waals surface area contributed by atoms with Crippen molar-refractivity contribution in [2.45, 2.75) is 52.4 Å². The Labute approximate surface area is 91.1 Å². The summed E-state index contributed by atoms with van der Waals surface area (Å²) in [6.45, 7) is 4.23. The second-order valence-corrected chi connectivity index (χ2v) is 4.85. The fourth-order valence-corrected chi connectivity index (χ4v) is 3.05. The minimum absolute atomic E-state index is 0.137. The lowest BCUT2D eigenvalue weighted by Crippen LogP contribution is -2.50. The molecule has 0 aromatic rings. The van der Waals surface area contributed by atoms with Crippen LogP contribution in [0.3, 0.4) is 0 Å². The third kappa shape index (κ3) is 1.99. The molecule has 1 fully saturated rings. The summed E-state index contributed by atoms with van der Waals surface area (Å²) < 4.78 is 0. The van der Waals surface area contributed by atoms with Crippen LogP contribution in [0, 0.1) is 22.2 Å². The van der Waals surface area contributed by atoms with Gasteiger partial charge in [-0.1, -0.05) is 26.7 Å². The highest BCUT2D eigenvalue weighted by Gasteiger charge is 2.58. The van der Waals surface area contributed by atoms with Crippen LogP contribution in [0.4, 0.5) is 0 Å². The van der Waals surface area contributed by atoms with E-state index < -0.39 is 11.4 Å². The molecule has 0 radical (unpaired) electrons. The third-order valence-corrected chi connectivity index (χ3v) is 3.54. The average Bonchev–Trinajstić information content (AvgIpc) is 2.13. The van der Waals surface area contributed by atoms with Gasteiger partial charge >= 0.3 is 5.97 Å². The minimum Gasteiger partial charge on any atom is -0.480 e.